The van der Waals surface area contributed by atoms with Crippen LogP contribution in [0.3, 0.4) is 0 Å². The van der Waals surface area contributed by atoms with Gasteiger partial charge in [-0.25, -0.2) is 0 Å². The number of benzene rings is 2. The molecule has 3 rings (SSSR count). The molecule has 1 fully saturated rings. The fraction of sp³-hybridized carbons (Fsp3) is 0.360. The standard InChI is InChI=1S/C25H30N4O5/c1-2-13-34-23(31)15-21-25(33)26-11-12-29(21)17-22(30)28-20-10-6-9-19(14-20)24(32)27-16-18-7-4-3-5-8-18/h3-10,14,21H,2,11-13,15-17H2,1H3,(H,26,33)(H,27,32)(H,28,30). The number of carbonyl (C=O) groups excluding carboxylic acids is 4. The van der Waals surface area contributed by atoms with Crippen LogP contribution >= 0.6 is 0 Å². The summed E-state index contributed by atoms with van der Waals surface area (Å²) in [6, 6.07) is 15.5. The highest BCUT2D eigenvalue weighted by Gasteiger charge is 2.33. The van der Waals surface area contributed by atoms with Crippen molar-refractivity contribution in [1.82, 2.24) is 15.5 Å². The predicted molar refractivity (Wildman–Crippen MR) is 127 cm³/mol. The highest BCUT2D eigenvalue weighted by molar-refractivity contribution is 5.98. The Morgan fingerprint density at radius 1 is 1.12 bits per heavy atom. The molecule has 3 amide bonds. The van der Waals surface area contributed by atoms with Crippen LogP contribution < -0.4 is 16.0 Å². The second-order valence-electron chi connectivity index (χ2n) is 8.00. The molecule has 0 aliphatic carbocycles. The van der Waals surface area contributed by atoms with Crippen molar-refractivity contribution in [2.24, 2.45) is 0 Å². The van der Waals surface area contributed by atoms with E-state index < -0.39 is 12.0 Å². The summed E-state index contributed by atoms with van der Waals surface area (Å²) in [5.41, 5.74) is 1.87. The van der Waals surface area contributed by atoms with Gasteiger partial charge >= 0.3 is 5.97 Å². The molecule has 2 aromatic carbocycles. The number of nitrogens with one attached hydrogen (secondary N) is 3. The number of ether oxygens (including phenoxy) is 1. The van der Waals surface area contributed by atoms with Crippen LogP contribution in [0.15, 0.2) is 54.6 Å². The molecule has 0 aromatic heterocycles. The van der Waals surface area contributed by atoms with E-state index in [1.807, 2.05) is 37.3 Å². The Kier molecular flexibility index (Phi) is 9.16. The van der Waals surface area contributed by atoms with Gasteiger partial charge in [0.15, 0.2) is 0 Å². The van der Waals surface area contributed by atoms with Crippen molar-refractivity contribution >= 4 is 29.4 Å². The topological polar surface area (TPSA) is 117 Å². The van der Waals surface area contributed by atoms with Crippen molar-refractivity contribution in [2.75, 3.05) is 31.6 Å². The first-order valence-corrected chi connectivity index (χ1v) is 11.4. The molecule has 1 atom stereocenters. The van der Waals surface area contributed by atoms with Gasteiger partial charge in [-0.1, -0.05) is 43.3 Å². The molecule has 9 nitrogen and oxygen atoms in total. The second-order valence-corrected chi connectivity index (χ2v) is 8.00. The Balaban J connectivity index is 1.56. The van der Waals surface area contributed by atoms with Gasteiger partial charge in [-0.05, 0) is 30.2 Å². The fourth-order valence-corrected chi connectivity index (χ4v) is 3.61. The van der Waals surface area contributed by atoms with Crippen LogP contribution in [0.5, 0.6) is 0 Å². The molecule has 1 unspecified atom stereocenters. The Morgan fingerprint density at radius 2 is 1.91 bits per heavy atom. The van der Waals surface area contributed by atoms with Crippen molar-refractivity contribution in [3.8, 4) is 0 Å². The normalized spacial score (nSPS) is 15.8. The van der Waals surface area contributed by atoms with Gasteiger partial charge in [0, 0.05) is 30.9 Å². The van der Waals surface area contributed by atoms with Gasteiger partial charge in [0.2, 0.25) is 11.8 Å². The monoisotopic (exact) mass is 466 g/mol. The number of rotatable bonds is 10. The molecule has 3 N–H and O–H groups in total. The van der Waals surface area contributed by atoms with E-state index >= 15 is 0 Å². The summed E-state index contributed by atoms with van der Waals surface area (Å²) in [5.74, 6) is -1.37. The lowest BCUT2D eigenvalue weighted by atomic mass is 10.1. The van der Waals surface area contributed by atoms with Crippen LogP contribution in [-0.4, -0.2) is 60.9 Å². The molecule has 2 aromatic rings. The molecular weight excluding hydrogens is 436 g/mol. The van der Waals surface area contributed by atoms with Gasteiger partial charge in [0.05, 0.1) is 19.6 Å². The van der Waals surface area contributed by atoms with Crippen molar-refractivity contribution in [3.63, 3.8) is 0 Å². The smallest absolute Gasteiger partial charge is 0.307 e. The lowest BCUT2D eigenvalue weighted by Crippen LogP contribution is -2.57. The molecule has 1 saturated heterocycles. The summed E-state index contributed by atoms with van der Waals surface area (Å²) in [5, 5.41) is 8.36. The minimum Gasteiger partial charge on any atom is -0.466 e. The molecule has 0 spiro atoms. The van der Waals surface area contributed by atoms with E-state index in [1.165, 1.54) is 0 Å². The number of carbonyl (C=O) groups is 4. The van der Waals surface area contributed by atoms with E-state index in [-0.39, 0.29) is 30.7 Å². The minimum atomic E-state index is -0.765. The van der Waals surface area contributed by atoms with Crippen molar-refractivity contribution in [2.45, 2.75) is 32.4 Å². The Bertz CT molecular complexity index is 1010. The first-order valence-electron chi connectivity index (χ1n) is 11.4. The second kappa shape index (κ2) is 12.5. The van der Waals surface area contributed by atoms with Gasteiger partial charge < -0.3 is 20.7 Å². The van der Waals surface area contributed by atoms with Crippen LogP contribution in [0, 0.1) is 0 Å². The summed E-state index contributed by atoms with van der Waals surface area (Å²) < 4.78 is 5.09. The average molecular weight is 467 g/mol. The Hall–Kier alpha value is -3.72. The highest BCUT2D eigenvalue weighted by atomic mass is 16.5. The van der Waals surface area contributed by atoms with Crippen LogP contribution in [0.2, 0.25) is 0 Å². The third-order valence-electron chi connectivity index (χ3n) is 5.32. The molecule has 1 aliphatic rings. The number of amides is 3. The maximum Gasteiger partial charge on any atom is 0.307 e. The molecule has 1 aliphatic heterocycles. The predicted octanol–water partition coefficient (Wildman–Crippen LogP) is 1.70. The van der Waals surface area contributed by atoms with Crippen LogP contribution in [0.25, 0.3) is 0 Å². The average Bonchev–Trinajstić information content (AvgIpc) is 2.84. The number of esters is 1. The van der Waals surface area contributed by atoms with E-state index in [0.29, 0.717) is 43.9 Å². The third kappa shape index (κ3) is 7.41. The molecule has 34 heavy (non-hydrogen) atoms. The minimum absolute atomic E-state index is 0.0659. The number of hydrogen-bond donors (Lipinski definition) is 3. The summed E-state index contributed by atoms with van der Waals surface area (Å²) >= 11 is 0. The molecule has 180 valence electrons. The number of hydrogen-bond acceptors (Lipinski definition) is 6. The Labute approximate surface area is 198 Å². The van der Waals surface area contributed by atoms with E-state index in [1.54, 1.807) is 29.2 Å². The summed E-state index contributed by atoms with van der Waals surface area (Å²) in [6.07, 6.45) is 0.578. The largest absolute Gasteiger partial charge is 0.466 e. The summed E-state index contributed by atoms with van der Waals surface area (Å²) in [7, 11) is 0. The van der Waals surface area contributed by atoms with Crippen LogP contribution in [-0.2, 0) is 25.7 Å². The van der Waals surface area contributed by atoms with Crippen molar-refractivity contribution in [3.05, 3.63) is 65.7 Å². The maximum atomic E-state index is 12.7. The van der Waals surface area contributed by atoms with E-state index in [4.69, 9.17) is 4.74 Å². The zero-order chi connectivity index (χ0) is 24.3. The van der Waals surface area contributed by atoms with Gasteiger partial charge in [-0.15, -0.1) is 0 Å². The zero-order valence-electron chi connectivity index (χ0n) is 19.2. The van der Waals surface area contributed by atoms with Crippen LogP contribution in [0.4, 0.5) is 5.69 Å². The van der Waals surface area contributed by atoms with Gasteiger partial charge in [-0.3, -0.25) is 24.1 Å². The third-order valence-corrected chi connectivity index (χ3v) is 5.32. The molecule has 9 heteroatoms. The molecule has 0 radical (unpaired) electrons. The quantitative estimate of drug-likeness (QED) is 0.459. The number of anilines is 1. The van der Waals surface area contributed by atoms with Crippen molar-refractivity contribution in [1.29, 1.82) is 0 Å². The maximum absolute atomic E-state index is 12.7. The lowest BCUT2D eigenvalue weighted by molar-refractivity contribution is -0.148. The number of nitrogens with zero attached hydrogens (tertiary/aromatic N) is 1. The summed E-state index contributed by atoms with van der Waals surface area (Å²) in [4.78, 5) is 51.2. The lowest BCUT2D eigenvalue weighted by Gasteiger charge is -2.33. The van der Waals surface area contributed by atoms with Crippen molar-refractivity contribution < 1.29 is 23.9 Å². The van der Waals surface area contributed by atoms with Crippen LogP contribution in [0.1, 0.15) is 35.7 Å². The SMILES string of the molecule is CCCOC(=O)CC1C(=O)NCCN1CC(=O)Nc1cccc(C(=O)NCc2ccccc2)c1. The Morgan fingerprint density at radius 3 is 2.68 bits per heavy atom. The zero-order valence-corrected chi connectivity index (χ0v) is 19.2. The highest BCUT2D eigenvalue weighted by Crippen LogP contribution is 2.14. The van der Waals surface area contributed by atoms with Gasteiger partial charge in [-0.2, -0.15) is 0 Å². The van der Waals surface area contributed by atoms with Gasteiger partial charge in [0.1, 0.15) is 6.04 Å². The van der Waals surface area contributed by atoms with E-state index in [9.17, 15) is 19.2 Å². The molecule has 1 heterocycles. The first-order chi connectivity index (χ1) is 16.5. The number of piperazine rings is 1. The molecule has 0 bridgehead atoms. The summed E-state index contributed by atoms with van der Waals surface area (Å²) in [6.45, 7) is 3.34. The molecule has 0 saturated carbocycles. The van der Waals surface area contributed by atoms with Gasteiger partial charge in [0.25, 0.3) is 5.91 Å². The molecular formula is C25H30N4O5. The fourth-order valence-electron chi connectivity index (χ4n) is 3.61. The van der Waals surface area contributed by atoms with E-state index in [2.05, 4.69) is 16.0 Å². The first kappa shape index (κ1) is 24.9. The van der Waals surface area contributed by atoms with E-state index in [0.717, 1.165) is 5.56 Å².